The van der Waals surface area contributed by atoms with Gasteiger partial charge < -0.3 is 0 Å². The number of unbranched alkanes of at least 4 members (excludes halogenated alkanes) is 1. The molecule has 0 aromatic carbocycles. The first-order chi connectivity index (χ1) is 6.27. The summed E-state index contributed by atoms with van der Waals surface area (Å²) >= 11 is 3.23. The molecular weight excluding hydrogens is 228 g/mol. The highest BCUT2D eigenvalue weighted by atomic mass is 79.9. The number of hydrogen-bond donors (Lipinski definition) is 0. The first-order valence-electron chi connectivity index (χ1n) is 4.32. The molecule has 0 unspecified atom stereocenters. The quantitative estimate of drug-likeness (QED) is 0.760. The van der Waals surface area contributed by atoms with E-state index in [-0.39, 0.29) is 0 Å². The summed E-state index contributed by atoms with van der Waals surface area (Å²) < 4.78 is 0.634. The third-order valence-electron chi connectivity index (χ3n) is 1.84. The third-order valence-corrected chi connectivity index (χ3v) is 2.47. The Hall–Kier alpha value is -0.880. The molecule has 0 spiro atoms. The van der Waals surface area contributed by atoms with Gasteiger partial charge in [-0.15, -0.1) is 0 Å². The van der Waals surface area contributed by atoms with E-state index in [2.05, 4.69) is 33.9 Å². The molecule has 0 atom stereocenters. The van der Waals surface area contributed by atoms with Crippen LogP contribution >= 0.6 is 15.9 Å². The van der Waals surface area contributed by atoms with E-state index in [1.807, 2.05) is 12.3 Å². The van der Waals surface area contributed by atoms with Gasteiger partial charge in [0.25, 0.3) is 0 Å². The van der Waals surface area contributed by atoms with Crippen molar-refractivity contribution in [3.05, 3.63) is 28.0 Å². The Bertz CT molecular complexity index is 328. The van der Waals surface area contributed by atoms with Gasteiger partial charge in [0.05, 0.1) is 5.56 Å². The van der Waals surface area contributed by atoms with Crippen LogP contribution in [0, 0.1) is 11.3 Å². The molecule has 68 valence electrons. The van der Waals surface area contributed by atoms with Gasteiger partial charge in [0, 0.05) is 6.20 Å². The zero-order valence-corrected chi connectivity index (χ0v) is 9.13. The standard InChI is InChI=1S/C10H11BrN2/c1-2-3-4-8-5-9(6-12)10(11)13-7-8/h5,7H,2-4H2,1H3. The Kier molecular flexibility index (Phi) is 3.91. The van der Waals surface area contributed by atoms with Crippen LogP contribution in [0.2, 0.25) is 0 Å². The second-order valence-corrected chi connectivity index (χ2v) is 3.65. The maximum Gasteiger partial charge on any atom is 0.123 e. The van der Waals surface area contributed by atoms with Crippen LogP contribution < -0.4 is 0 Å². The summed E-state index contributed by atoms with van der Waals surface area (Å²) in [6, 6.07) is 4.00. The third kappa shape index (κ3) is 2.82. The molecule has 1 aromatic heterocycles. The predicted octanol–water partition coefficient (Wildman–Crippen LogP) is 3.06. The number of nitrogens with zero attached hydrogens (tertiary/aromatic N) is 2. The highest BCUT2D eigenvalue weighted by Crippen LogP contribution is 2.15. The second kappa shape index (κ2) is 4.98. The lowest BCUT2D eigenvalue weighted by Crippen LogP contribution is -1.90. The number of aryl methyl sites for hydroxylation is 1. The van der Waals surface area contributed by atoms with Crippen LogP contribution in [-0.4, -0.2) is 4.98 Å². The van der Waals surface area contributed by atoms with Crippen molar-refractivity contribution in [2.45, 2.75) is 26.2 Å². The van der Waals surface area contributed by atoms with Crippen LogP contribution in [-0.2, 0) is 6.42 Å². The maximum absolute atomic E-state index is 8.75. The Morgan fingerprint density at radius 1 is 1.62 bits per heavy atom. The summed E-state index contributed by atoms with van der Waals surface area (Å²) in [5.41, 5.74) is 1.76. The van der Waals surface area contributed by atoms with Gasteiger partial charge in [0.15, 0.2) is 0 Å². The molecule has 0 saturated carbocycles. The minimum Gasteiger partial charge on any atom is -0.248 e. The maximum atomic E-state index is 8.75. The summed E-state index contributed by atoms with van der Waals surface area (Å²) in [5.74, 6) is 0. The lowest BCUT2D eigenvalue weighted by atomic mass is 10.1. The molecule has 1 aromatic rings. The van der Waals surface area contributed by atoms with Crippen molar-refractivity contribution in [3.8, 4) is 6.07 Å². The summed E-state index contributed by atoms with van der Waals surface area (Å²) in [4.78, 5) is 4.10. The topological polar surface area (TPSA) is 36.7 Å². The van der Waals surface area contributed by atoms with E-state index in [0.29, 0.717) is 10.2 Å². The van der Waals surface area contributed by atoms with Crippen molar-refractivity contribution in [1.82, 2.24) is 4.98 Å². The number of halogens is 1. The molecule has 0 aliphatic heterocycles. The Morgan fingerprint density at radius 3 is 3.00 bits per heavy atom. The molecule has 2 nitrogen and oxygen atoms in total. The van der Waals surface area contributed by atoms with Crippen LogP contribution in [0.25, 0.3) is 0 Å². The van der Waals surface area contributed by atoms with E-state index in [1.54, 1.807) is 0 Å². The van der Waals surface area contributed by atoms with Gasteiger partial charge in [-0.2, -0.15) is 5.26 Å². The van der Waals surface area contributed by atoms with Crippen LogP contribution in [0.4, 0.5) is 0 Å². The van der Waals surface area contributed by atoms with Gasteiger partial charge in [-0.1, -0.05) is 13.3 Å². The van der Waals surface area contributed by atoms with E-state index in [0.717, 1.165) is 24.8 Å². The highest BCUT2D eigenvalue weighted by molar-refractivity contribution is 9.10. The SMILES string of the molecule is CCCCc1cnc(Br)c(C#N)c1. The van der Waals surface area contributed by atoms with Gasteiger partial charge in [-0.3, -0.25) is 0 Å². The van der Waals surface area contributed by atoms with Crippen LogP contribution in [0.15, 0.2) is 16.9 Å². The summed E-state index contributed by atoms with van der Waals surface area (Å²) in [7, 11) is 0. The molecule has 0 radical (unpaired) electrons. The van der Waals surface area contributed by atoms with Gasteiger partial charge in [0.2, 0.25) is 0 Å². The zero-order chi connectivity index (χ0) is 9.68. The molecular formula is C10H11BrN2. The first kappa shape index (κ1) is 10.2. The van der Waals surface area contributed by atoms with Crippen molar-refractivity contribution in [3.63, 3.8) is 0 Å². The zero-order valence-electron chi connectivity index (χ0n) is 7.55. The Balaban J connectivity index is 2.82. The van der Waals surface area contributed by atoms with Crippen molar-refractivity contribution >= 4 is 15.9 Å². The van der Waals surface area contributed by atoms with Gasteiger partial charge in [0.1, 0.15) is 10.7 Å². The predicted molar refractivity (Wildman–Crippen MR) is 55.3 cm³/mol. The molecule has 0 amide bonds. The first-order valence-corrected chi connectivity index (χ1v) is 5.11. The molecule has 0 N–H and O–H groups in total. The fraction of sp³-hybridized carbons (Fsp3) is 0.400. The van der Waals surface area contributed by atoms with E-state index in [1.165, 1.54) is 0 Å². The van der Waals surface area contributed by atoms with Crippen molar-refractivity contribution in [2.24, 2.45) is 0 Å². The minimum atomic E-state index is 0.619. The summed E-state index contributed by atoms with van der Waals surface area (Å²) in [5, 5.41) is 8.75. The largest absolute Gasteiger partial charge is 0.248 e. The molecule has 0 fully saturated rings. The molecule has 0 aliphatic rings. The smallest absolute Gasteiger partial charge is 0.123 e. The monoisotopic (exact) mass is 238 g/mol. The summed E-state index contributed by atoms with van der Waals surface area (Å²) in [6.45, 7) is 2.15. The molecule has 0 aliphatic carbocycles. The molecule has 3 heteroatoms. The fourth-order valence-corrected chi connectivity index (χ4v) is 1.39. The average Bonchev–Trinajstić information content (AvgIpc) is 2.16. The molecule has 13 heavy (non-hydrogen) atoms. The van der Waals surface area contributed by atoms with Gasteiger partial charge in [-0.25, -0.2) is 4.98 Å². The van der Waals surface area contributed by atoms with Gasteiger partial charge in [-0.05, 0) is 40.4 Å². The Morgan fingerprint density at radius 2 is 2.38 bits per heavy atom. The van der Waals surface area contributed by atoms with E-state index in [9.17, 15) is 0 Å². The molecule has 0 bridgehead atoms. The fourth-order valence-electron chi connectivity index (χ4n) is 1.09. The van der Waals surface area contributed by atoms with E-state index in [4.69, 9.17) is 5.26 Å². The summed E-state index contributed by atoms with van der Waals surface area (Å²) in [6.07, 6.45) is 5.14. The highest BCUT2D eigenvalue weighted by Gasteiger charge is 2.01. The van der Waals surface area contributed by atoms with Crippen molar-refractivity contribution < 1.29 is 0 Å². The van der Waals surface area contributed by atoms with E-state index < -0.39 is 0 Å². The van der Waals surface area contributed by atoms with Crippen LogP contribution in [0.5, 0.6) is 0 Å². The number of pyridine rings is 1. The van der Waals surface area contributed by atoms with Crippen molar-refractivity contribution in [2.75, 3.05) is 0 Å². The molecule has 1 heterocycles. The molecule has 0 saturated heterocycles. The van der Waals surface area contributed by atoms with Crippen LogP contribution in [0.1, 0.15) is 30.9 Å². The van der Waals surface area contributed by atoms with E-state index >= 15 is 0 Å². The normalized spacial score (nSPS) is 9.62. The van der Waals surface area contributed by atoms with Gasteiger partial charge >= 0.3 is 0 Å². The lowest BCUT2D eigenvalue weighted by Gasteiger charge is -2.00. The van der Waals surface area contributed by atoms with Crippen LogP contribution in [0.3, 0.4) is 0 Å². The second-order valence-electron chi connectivity index (χ2n) is 2.90. The Labute approximate surface area is 86.7 Å². The number of aromatic nitrogens is 1. The van der Waals surface area contributed by atoms with Crippen molar-refractivity contribution in [1.29, 1.82) is 5.26 Å². The molecule has 1 rings (SSSR count). The average molecular weight is 239 g/mol. The number of rotatable bonds is 3. The number of hydrogen-bond acceptors (Lipinski definition) is 2. The lowest BCUT2D eigenvalue weighted by molar-refractivity contribution is 0.791. The number of nitriles is 1. The minimum absolute atomic E-state index is 0.619.